The van der Waals surface area contributed by atoms with Crippen LogP contribution in [-0.4, -0.2) is 15.7 Å². The molecule has 4 nitrogen and oxygen atoms in total. The Morgan fingerprint density at radius 1 is 1.10 bits per heavy atom. The van der Waals surface area contributed by atoms with Gasteiger partial charge in [0.1, 0.15) is 0 Å². The van der Waals surface area contributed by atoms with Gasteiger partial charge in [0.15, 0.2) is 0 Å². The van der Waals surface area contributed by atoms with Crippen LogP contribution in [0.25, 0.3) is 22.2 Å². The second kappa shape index (κ2) is 5.30. The molecular formula is C17H19N3O. The van der Waals surface area contributed by atoms with E-state index in [1.54, 1.807) is 0 Å². The largest absolute Gasteiger partial charge is 0.339 e. The summed E-state index contributed by atoms with van der Waals surface area (Å²) in [5.41, 5.74) is 6.75. The van der Waals surface area contributed by atoms with Crippen LogP contribution in [0.1, 0.15) is 26.2 Å². The smallest absolute Gasteiger partial charge is 0.227 e. The first-order valence-electron chi connectivity index (χ1n) is 7.12. The molecule has 0 fully saturated rings. The Hall–Kier alpha value is -2.20. The van der Waals surface area contributed by atoms with Crippen molar-refractivity contribution in [3.63, 3.8) is 0 Å². The van der Waals surface area contributed by atoms with E-state index >= 15 is 0 Å². The highest BCUT2D eigenvalue weighted by Gasteiger charge is 2.15. The molecular weight excluding hydrogens is 262 g/mol. The van der Waals surface area contributed by atoms with E-state index in [1.807, 2.05) is 38.1 Å². The third kappa shape index (κ3) is 3.11. The topological polar surface area (TPSA) is 64.9 Å². The molecule has 0 spiro atoms. The predicted octanol–water partition coefficient (Wildman–Crippen LogP) is 3.56. The monoisotopic (exact) mass is 281 g/mol. The number of hydrogen-bond donors (Lipinski definition) is 1. The van der Waals surface area contributed by atoms with Gasteiger partial charge < -0.3 is 10.3 Å². The lowest BCUT2D eigenvalue weighted by Gasteiger charge is -2.16. The minimum atomic E-state index is -0.228. The van der Waals surface area contributed by atoms with Gasteiger partial charge in [0.25, 0.3) is 0 Å². The maximum Gasteiger partial charge on any atom is 0.227 e. The summed E-state index contributed by atoms with van der Waals surface area (Å²) in [5.74, 6) is 1.27. The lowest BCUT2D eigenvalue weighted by molar-refractivity contribution is 0.358. The van der Waals surface area contributed by atoms with Gasteiger partial charge in [-0.15, -0.1) is 0 Å². The first-order valence-corrected chi connectivity index (χ1v) is 7.12. The molecule has 3 rings (SSSR count). The summed E-state index contributed by atoms with van der Waals surface area (Å²) >= 11 is 0. The molecule has 0 saturated heterocycles. The van der Waals surface area contributed by atoms with E-state index in [9.17, 15) is 0 Å². The van der Waals surface area contributed by atoms with Crippen molar-refractivity contribution in [2.24, 2.45) is 5.73 Å². The Morgan fingerprint density at radius 3 is 2.67 bits per heavy atom. The number of nitrogens with zero attached hydrogens (tertiary/aromatic N) is 2. The van der Waals surface area contributed by atoms with E-state index in [0.717, 1.165) is 17.4 Å². The maximum absolute atomic E-state index is 5.99. The molecule has 21 heavy (non-hydrogen) atoms. The fourth-order valence-corrected chi connectivity index (χ4v) is 2.32. The van der Waals surface area contributed by atoms with Gasteiger partial charge in [-0.1, -0.05) is 47.6 Å². The van der Waals surface area contributed by atoms with Gasteiger partial charge in [0.2, 0.25) is 11.7 Å². The molecule has 0 aliphatic rings. The number of aryl methyl sites for hydroxylation is 1. The Kier molecular flexibility index (Phi) is 3.47. The molecule has 1 heterocycles. The van der Waals surface area contributed by atoms with Gasteiger partial charge in [0.05, 0.1) is 0 Å². The minimum absolute atomic E-state index is 0.228. The highest BCUT2D eigenvalue weighted by atomic mass is 16.5. The highest BCUT2D eigenvalue weighted by Crippen LogP contribution is 2.26. The fourth-order valence-electron chi connectivity index (χ4n) is 2.32. The summed E-state index contributed by atoms with van der Waals surface area (Å²) in [6.45, 7) is 3.99. The van der Waals surface area contributed by atoms with Crippen LogP contribution in [0, 0.1) is 0 Å². The molecule has 0 aliphatic carbocycles. The third-order valence-electron chi connectivity index (χ3n) is 3.48. The van der Waals surface area contributed by atoms with Crippen LogP contribution in [0.4, 0.5) is 0 Å². The second-order valence-corrected chi connectivity index (χ2v) is 6.03. The number of benzene rings is 2. The zero-order valence-electron chi connectivity index (χ0n) is 12.3. The second-order valence-electron chi connectivity index (χ2n) is 6.03. The van der Waals surface area contributed by atoms with E-state index < -0.39 is 0 Å². The van der Waals surface area contributed by atoms with E-state index in [4.69, 9.17) is 10.3 Å². The van der Waals surface area contributed by atoms with Crippen LogP contribution < -0.4 is 5.73 Å². The molecule has 0 atom stereocenters. The standard InChI is InChI=1S/C17H19N3O/c1-17(2,18)11-10-15-19-16(20-21-15)14-9-5-7-12-6-3-4-8-13(12)14/h3-9H,10-11,18H2,1-2H3. The fraction of sp³-hybridized carbons (Fsp3) is 0.294. The van der Waals surface area contributed by atoms with Crippen molar-refractivity contribution >= 4 is 10.8 Å². The molecule has 4 heteroatoms. The summed E-state index contributed by atoms with van der Waals surface area (Å²) in [7, 11) is 0. The Morgan fingerprint density at radius 2 is 1.86 bits per heavy atom. The molecule has 2 aromatic carbocycles. The number of hydrogen-bond acceptors (Lipinski definition) is 4. The third-order valence-corrected chi connectivity index (χ3v) is 3.48. The maximum atomic E-state index is 5.99. The lowest BCUT2D eigenvalue weighted by Crippen LogP contribution is -2.32. The van der Waals surface area contributed by atoms with Crippen LogP contribution in [0.5, 0.6) is 0 Å². The van der Waals surface area contributed by atoms with Crippen molar-refractivity contribution in [3.05, 3.63) is 48.4 Å². The van der Waals surface area contributed by atoms with Crippen molar-refractivity contribution in [1.29, 1.82) is 0 Å². The summed E-state index contributed by atoms with van der Waals surface area (Å²) < 4.78 is 5.35. The number of fused-ring (bicyclic) bond motifs is 1. The van der Waals surface area contributed by atoms with Gasteiger partial charge >= 0.3 is 0 Å². The minimum Gasteiger partial charge on any atom is -0.339 e. The highest BCUT2D eigenvalue weighted by molar-refractivity contribution is 5.94. The van der Waals surface area contributed by atoms with Crippen LogP contribution in [0.15, 0.2) is 47.0 Å². The Labute approximate surface area is 124 Å². The predicted molar refractivity (Wildman–Crippen MR) is 83.8 cm³/mol. The van der Waals surface area contributed by atoms with Crippen molar-refractivity contribution < 1.29 is 4.52 Å². The molecule has 0 bridgehead atoms. The van der Waals surface area contributed by atoms with Gasteiger partial charge in [-0.2, -0.15) is 4.98 Å². The van der Waals surface area contributed by atoms with Crippen LogP contribution >= 0.6 is 0 Å². The van der Waals surface area contributed by atoms with E-state index in [2.05, 4.69) is 28.3 Å². The number of nitrogens with two attached hydrogens (primary N) is 1. The van der Waals surface area contributed by atoms with Crippen molar-refractivity contribution in [2.45, 2.75) is 32.2 Å². The van der Waals surface area contributed by atoms with Crippen molar-refractivity contribution in [2.75, 3.05) is 0 Å². The normalized spacial score (nSPS) is 12.0. The Bertz CT molecular complexity index is 751. The van der Waals surface area contributed by atoms with Crippen molar-refractivity contribution in [1.82, 2.24) is 10.1 Å². The number of aromatic nitrogens is 2. The zero-order valence-corrected chi connectivity index (χ0v) is 12.3. The average Bonchev–Trinajstić information content (AvgIpc) is 2.92. The van der Waals surface area contributed by atoms with Gasteiger partial charge in [-0.25, -0.2) is 0 Å². The summed E-state index contributed by atoms with van der Waals surface area (Å²) in [6.07, 6.45) is 1.51. The first-order chi connectivity index (χ1) is 10.0. The number of rotatable bonds is 4. The SMILES string of the molecule is CC(C)(N)CCc1nc(-c2cccc3ccccc23)no1. The molecule has 108 valence electrons. The summed E-state index contributed by atoms with van der Waals surface area (Å²) in [4.78, 5) is 4.50. The van der Waals surface area contributed by atoms with Crippen LogP contribution in [-0.2, 0) is 6.42 Å². The van der Waals surface area contributed by atoms with E-state index in [0.29, 0.717) is 18.1 Å². The molecule has 3 aromatic rings. The molecule has 0 amide bonds. The zero-order chi connectivity index (χ0) is 14.9. The Balaban J connectivity index is 1.92. The van der Waals surface area contributed by atoms with Crippen molar-refractivity contribution in [3.8, 4) is 11.4 Å². The van der Waals surface area contributed by atoms with Crippen LogP contribution in [0.2, 0.25) is 0 Å². The lowest BCUT2D eigenvalue weighted by atomic mass is 10.0. The summed E-state index contributed by atoms with van der Waals surface area (Å²) in [6, 6.07) is 14.3. The van der Waals surface area contributed by atoms with Gasteiger partial charge in [-0.3, -0.25) is 0 Å². The summed E-state index contributed by atoms with van der Waals surface area (Å²) in [5, 5.41) is 6.41. The van der Waals surface area contributed by atoms with E-state index in [-0.39, 0.29) is 5.54 Å². The van der Waals surface area contributed by atoms with E-state index in [1.165, 1.54) is 5.39 Å². The average molecular weight is 281 g/mol. The molecule has 0 saturated carbocycles. The molecule has 0 aliphatic heterocycles. The molecule has 0 unspecified atom stereocenters. The molecule has 2 N–H and O–H groups in total. The van der Waals surface area contributed by atoms with Crippen LogP contribution in [0.3, 0.4) is 0 Å². The molecule has 1 aromatic heterocycles. The quantitative estimate of drug-likeness (QED) is 0.794. The first kappa shape index (κ1) is 13.8. The van der Waals surface area contributed by atoms with Gasteiger partial charge in [0, 0.05) is 17.5 Å². The van der Waals surface area contributed by atoms with Gasteiger partial charge in [-0.05, 0) is 31.0 Å². The molecule has 0 radical (unpaired) electrons.